The van der Waals surface area contributed by atoms with Gasteiger partial charge in [-0.1, -0.05) is 29.8 Å². The predicted molar refractivity (Wildman–Crippen MR) is 117 cm³/mol. The third-order valence-electron chi connectivity index (χ3n) is 5.81. The highest BCUT2D eigenvalue weighted by Crippen LogP contribution is 2.32. The maximum absolute atomic E-state index is 14.5. The number of hydrogen-bond acceptors (Lipinski definition) is 4. The molecular weight excluding hydrogens is 470 g/mol. The van der Waals surface area contributed by atoms with Crippen molar-refractivity contribution in [3.8, 4) is 0 Å². The number of benzene rings is 1. The van der Waals surface area contributed by atoms with Gasteiger partial charge in [0.25, 0.3) is 5.91 Å². The molecule has 0 bridgehead atoms. The van der Waals surface area contributed by atoms with E-state index in [0.717, 1.165) is 11.1 Å². The van der Waals surface area contributed by atoms with Gasteiger partial charge < -0.3 is 20.4 Å². The molecule has 0 spiro atoms. The second kappa shape index (κ2) is 8.55. The van der Waals surface area contributed by atoms with Gasteiger partial charge in [0.1, 0.15) is 23.1 Å². The van der Waals surface area contributed by atoms with Crippen molar-refractivity contribution >= 4 is 38.7 Å². The molecule has 3 heterocycles. The SMILES string of the molecule is CCC(CC)N(Cc1c(F)cc(Br)cc1F)C(=O)c1cc2nc(N)c3c(c2[nH]1)COC3. The number of nitrogens with one attached hydrogen (secondary N) is 1. The van der Waals surface area contributed by atoms with Gasteiger partial charge in [0, 0.05) is 27.2 Å². The maximum Gasteiger partial charge on any atom is 0.270 e. The van der Waals surface area contributed by atoms with E-state index in [2.05, 4.69) is 25.9 Å². The zero-order chi connectivity index (χ0) is 22.3. The Morgan fingerprint density at radius 2 is 1.87 bits per heavy atom. The number of H-pyrrole nitrogens is 1. The second-order valence-electron chi connectivity index (χ2n) is 7.64. The molecule has 4 rings (SSSR count). The van der Waals surface area contributed by atoms with Crippen molar-refractivity contribution in [3.05, 3.63) is 56.7 Å². The molecule has 1 aromatic carbocycles. The number of rotatable bonds is 6. The van der Waals surface area contributed by atoms with E-state index in [-0.39, 0.29) is 24.1 Å². The quantitative estimate of drug-likeness (QED) is 0.504. The molecule has 1 amide bonds. The summed E-state index contributed by atoms with van der Waals surface area (Å²) < 4.78 is 34.8. The van der Waals surface area contributed by atoms with Crippen LogP contribution in [-0.2, 0) is 24.5 Å². The molecule has 1 aliphatic heterocycles. The molecule has 9 heteroatoms. The highest BCUT2D eigenvalue weighted by molar-refractivity contribution is 9.10. The summed E-state index contributed by atoms with van der Waals surface area (Å²) in [5, 5.41) is 0. The van der Waals surface area contributed by atoms with Gasteiger partial charge in [-0.3, -0.25) is 4.79 Å². The summed E-state index contributed by atoms with van der Waals surface area (Å²) in [5.74, 6) is -1.36. The normalized spacial score (nSPS) is 13.2. The van der Waals surface area contributed by atoms with Crippen molar-refractivity contribution in [1.82, 2.24) is 14.9 Å². The lowest BCUT2D eigenvalue weighted by Gasteiger charge is -2.30. The Bertz CT molecular complexity index is 1140. The summed E-state index contributed by atoms with van der Waals surface area (Å²) in [6.07, 6.45) is 1.30. The minimum absolute atomic E-state index is 0.142. The number of hydrogen-bond donors (Lipinski definition) is 2. The molecule has 3 N–H and O–H groups in total. The van der Waals surface area contributed by atoms with Crippen LogP contribution in [0.25, 0.3) is 11.0 Å². The van der Waals surface area contributed by atoms with E-state index in [1.807, 2.05) is 13.8 Å². The zero-order valence-electron chi connectivity index (χ0n) is 17.3. The number of halogens is 3. The Hall–Kier alpha value is -2.52. The van der Waals surface area contributed by atoms with Crippen LogP contribution in [-0.4, -0.2) is 26.8 Å². The third-order valence-corrected chi connectivity index (χ3v) is 6.27. The van der Waals surface area contributed by atoms with Crippen molar-refractivity contribution in [3.63, 3.8) is 0 Å². The number of anilines is 1. The van der Waals surface area contributed by atoms with Crippen LogP contribution in [0.3, 0.4) is 0 Å². The summed E-state index contributed by atoms with van der Waals surface area (Å²) in [5.41, 5.74) is 9.17. The first-order valence-electron chi connectivity index (χ1n) is 10.2. The molecule has 0 aliphatic carbocycles. The van der Waals surface area contributed by atoms with E-state index in [4.69, 9.17) is 10.5 Å². The largest absolute Gasteiger partial charge is 0.383 e. The number of carbonyl (C=O) groups is 1. The molecule has 1 aliphatic rings. The molecule has 0 saturated carbocycles. The van der Waals surface area contributed by atoms with Crippen LogP contribution in [0.4, 0.5) is 14.6 Å². The highest BCUT2D eigenvalue weighted by atomic mass is 79.9. The fourth-order valence-electron chi connectivity index (χ4n) is 4.10. The van der Waals surface area contributed by atoms with E-state index < -0.39 is 11.6 Å². The molecule has 0 unspecified atom stereocenters. The van der Waals surface area contributed by atoms with Gasteiger partial charge in [0.2, 0.25) is 0 Å². The van der Waals surface area contributed by atoms with Crippen LogP contribution in [0.1, 0.15) is 53.9 Å². The van der Waals surface area contributed by atoms with Gasteiger partial charge in [-0.15, -0.1) is 0 Å². The third kappa shape index (κ3) is 3.92. The fourth-order valence-corrected chi connectivity index (χ4v) is 4.50. The highest BCUT2D eigenvalue weighted by Gasteiger charge is 2.28. The first-order valence-corrected chi connectivity index (χ1v) is 10.9. The number of ether oxygens (including phenoxy) is 1. The number of amides is 1. The van der Waals surface area contributed by atoms with Gasteiger partial charge >= 0.3 is 0 Å². The number of pyridine rings is 1. The second-order valence-corrected chi connectivity index (χ2v) is 8.56. The Labute approximate surface area is 186 Å². The first kappa shape index (κ1) is 21.7. The lowest BCUT2D eigenvalue weighted by atomic mass is 10.1. The van der Waals surface area contributed by atoms with Crippen LogP contribution in [0, 0.1) is 11.6 Å². The smallest absolute Gasteiger partial charge is 0.270 e. The number of nitrogens with two attached hydrogens (primary N) is 1. The number of nitrogen functional groups attached to an aromatic ring is 1. The number of fused-ring (bicyclic) bond motifs is 3. The van der Waals surface area contributed by atoms with Crippen molar-refractivity contribution in [1.29, 1.82) is 0 Å². The molecular formula is C22H23BrF2N4O2. The van der Waals surface area contributed by atoms with E-state index in [0.29, 0.717) is 53.1 Å². The van der Waals surface area contributed by atoms with Gasteiger partial charge in [-0.2, -0.15) is 0 Å². The molecule has 164 valence electrons. The molecule has 2 aromatic heterocycles. The molecule has 31 heavy (non-hydrogen) atoms. The van der Waals surface area contributed by atoms with Crippen LogP contribution < -0.4 is 5.73 Å². The van der Waals surface area contributed by atoms with E-state index in [9.17, 15) is 13.6 Å². The van der Waals surface area contributed by atoms with Gasteiger partial charge in [-0.25, -0.2) is 13.8 Å². The van der Waals surface area contributed by atoms with Crippen molar-refractivity contribution < 1.29 is 18.3 Å². The van der Waals surface area contributed by atoms with E-state index >= 15 is 0 Å². The molecule has 0 radical (unpaired) electrons. The number of aromatic nitrogens is 2. The zero-order valence-corrected chi connectivity index (χ0v) is 18.9. The Morgan fingerprint density at radius 3 is 2.52 bits per heavy atom. The summed E-state index contributed by atoms with van der Waals surface area (Å²) in [6.45, 7) is 4.48. The Kier molecular flexibility index (Phi) is 5.98. The molecule has 6 nitrogen and oxygen atoms in total. The molecule has 0 atom stereocenters. The fraction of sp³-hybridized carbons (Fsp3) is 0.364. The summed E-state index contributed by atoms with van der Waals surface area (Å²) in [4.78, 5) is 22.6. The lowest BCUT2D eigenvalue weighted by molar-refractivity contribution is 0.0639. The van der Waals surface area contributed by atoms with E-state index in [1.54, 1.807) is 6.07 Å². The average Bonchev–Trinajstić information content (AvgIpc) is 3.36. The maximum atomic E-state index is 14.5. The topological polar surface area (TPSA) is 84.2 Å². The molecule has 0 fully saturated rings. The van der Waals surface area contributed by atoms with Gasteiger partial charge in [-0.05, 0) is 31.0 Å². The van der Waals surface area contributed by atoms with Gasteiger partial charge in [0.15, 0.2) is 0 Å². The Balaban J connectivity index is 1.75. The van der Waals surface area contributed by atoms with Crippen LogP contribution >= 0.6 is 15.9 Å². The summed E-state index contributed by atoms with van der Waals surface area (Å²) in [6, 6.07) is 3.85. The van der Waals surface area contributed by atoms with E-state index in [1.165, 1.54) is 17.0 Å². The average molecular weight is 493 g/mol. The van der Waals surface area contributed by atoms with Crippen LogP contribution in [0.2, 0.25) is 0 Å². The summed E-state index contributed by atoms with van der Waals surface area (Å²) >= 11 is 3.09. The standard InChI is InChI=1S/C22H23BrF2N4O2/c1-3-12(4-2)29(8-13-16(24)5-11(23)6-17(13)25)22(30)19-7-18-20(27-19)14-9-31-10-15(14)21(26)28-18/h5-7,12,27H,3-4,8-10H2,1-2H3,(H2,26,28). The van der Waals surface area contributed by atoms with Gasteiger partial charge in [0.05, 0.1) is 30.8 Å². The van der Waals surface area contributed by atoms with Crippen LogP contribution in [0.5, 0.6) is 0 Å². The molecule has 3 aromatic rings. The molecule has 0 saturated heterocycles. The monoisotopic (exact) mass is 492 g/mol. The summed E-state index contributed by atoms with van der Waals surface area (Å²) in [7, 11) is 0. The van der Waals surface area contributed by atoms with Crippen molar-refractivity contribution in [2.75, 3.05) is 5.73 Å². The van der Waals surface area contributed by atoms with Crippen LogP contribution in [0.15, 0.2) is 22.7 Å². The van der Waals surface area contributed by atoms with Crippen molar-refractivity contribution in [2.24, 2.45) is 0 Å². The van der Waals surface area contributed by atoms with Crippen molar-refractivity contribution in [2.45, 2.75) is 52.5 Å². The Morgan fingerprint density at radius 1 is 1.23 bits per heavy atom. The first-order chi connectivity index (χ1) is 14.8. The number of nitrogens with zero attached hydrogens (tertiary/aromatic N) is 2. The predicted octanol–water partition coefficient (Wildman–Crippen LogP) is 5.05. The minimum Gasteiger partial charge on any atom is -0.383 e. The minimum atomic E-state index is -0.698. The number of carbonyl (C=O) groups excluding carboxylic acids is 1. The number of aromatic amines is 1. The lowest BCUT2D eigenvalue weighted by Crippen LogP contribution is -2.40.